The maximum atomic E-state index is 10.6. The highest BCUT2D eigenvalue weighted by atomic mass is 16.5. The second-order valence-electron chi connectivity index (χ2n) is 7.55. The fraction of sp³-hybridized carbons (Fsp3) is 0.478. The average molecular weight is 370 g/mol. The molecule has 1 N–H and O–H groups in total. The number of benzene rings is 2. The van der Waals surface area contributed by atoms with Gasteiger partial charge in [0.2, 0.25) is 0 Å². The lowest BCUT2D eigenvalue weighted by Crippen LogP contribution is -2.39. The van der Waals surface area contributed by atoms with Gasteiger partial charge in [-0.15, -0.1) is 0 Å². The van der Waals surface area contributed by atoms with Crippen LogP contribution in [0.1, 0.15) is 29.5 Å². The van der Waals surface area contributed by atoms with E-state index in [1.54, 1.807) is 0 Å². The van der Waals surface area contributed by atoms with Crippen LogP contribution in [0, 0.1) is 13.8 Å². The number of rotatable bonds is 9. The Morgan fingerprint density at radius 2 is 1.93 bits per heavy atom. The molecule has 0 bridgehead atoms. The Hall–Kier alpha value is -1.88. The molecule has 0 spiro atoms. The van der Waals surface area contributed by atoms with Gasteiger partial charge < -0.3 is 14.6 Å². The standard InChI is InChI=1S/C23H31NO3/c1-18-9-11-20(12-10-18)14-24(16-22-7-5-13-26-22)15-21(25)17-27-23-8-4-3-6-19(23)2/h3-4,6,8-12,21-22,25H,5,7,13-17H2,1-2H3/t21-,22+/m1/s1. The molecule has 2 aromatic carbocycles. The molecule has 0 radical (unpaired) electrons. The predicted octanol–water partition coefficient (Wildman–Crippen LogP) is 3.72. The minimum absolute atomic E-state index is 0.264. The summed E-state index contributed by atoms with van der Waals surface area (Å²) in [6.45, 7) is 7.47. The highest BCUT2D eigenvalue weighted by Crippen LogP contribution is 2.18. The molecule has 0 aliphatic carbocycles. The molecule has 4 nitrogen and oxygen atoms in total. The van der Waals surface area contributed by atoms with E-state index in [4.69, 9.17) is 9.47 Å². The van der Waals surface area contributed by atoms with Gasteiger partial charge in [-0.25, -0.2) is 0 Å². The second kappa shape index (κ2) is 9.88. The Kier molecular flexibility index (Phi) is 7.27. The normalized spacial score (nSPS) is 18.0. The van der Waals surface area contributed by atoms with E-state index in [2.05, 4.69) is 36.1 Å². The predicted molar refractivity (Wildman–Crippen MR) is 108 cm³/mol. The van der Waals surface area contributed by atoms with E-state index in [1.807, 2.05) is 31.2 Å². The maximum absolute atomic E-state index is 10.6. The van der Waals surface area contributed by atoms with Gasteiger partial charge in [0, 0.05) is 26.2 Å². The first-order valence-electron chi connectivity index (χ1n) is 9.86. The maximum Gasteiger partial charge on any atom is 0.122 e. The number of aryl methyl sites for hydroxylation is 2. The fourth-order valence-corrected chi connectivity index (χ4v) is 3.49. The van der Waals surface area contributed by atoms with Gasteiger partial charge in [0.15, 0.2) is 0 Å². The van der Waals surface area contributed by atoms with Crippen molar-refractivity contribution in [1.82, 2.24) is 4.90 Å². The van der Waals surface area contributed by atoms with Crippen molar-refractivity contribution in [2.75, 3.05) is 26.3 Å². The van der Waals surface area contributed by atoms with E-state index >= 15 is 0 Å². The SMILES string of the molecule is Cc1ccc(CN(C[C@@H](O)COc2ccccc2C)C[C@@H]2CCCO2)cc1. The third-order valence-electron chi connectivity index (χ3n) is 5.01. The molecule has 4 heteroatoms. The zero-order valence-corrected chi connectivity index (χ0v) is 16.4. The first kappa shape index (κ1) is 19.9. The van der Waals surface area contributed by atoms with Crippen LogP contribution in [0.5, 0.6) is 5.75 Å². The van der Waals surface area contributed by atoms with Gasteiger partial charge in [-0.3, -0.25) is 4.90 Å². The van der Waals surface area contributed by atoms with Crippen molar-refractivity contribution in [1.29, 1.82) is 0 Å². The fourth-order valence-electron chi connectivity index (χ4n) is 3.49. The number of ether oxygens (including phenoxy) is 2. The van der Waals surface area contributed by atoms with Crippen molar-refractivity contribution < 1.29 is 14.6 Å². The Labute approximate surface area is 162 Å². The molecule has 3 rings (SSSR count). The number of nitrogens with zero attached hydrogens (tertiary/aromatic N) is 1. The molecule has 1 saturated heterocycles. The smallest absolute Gasteiger partial charge is 0.122 e. The van der Waals surface area contributed by atoms with Gasteiger partial charge in [-0.1, -0.05) is 48.0 Å². The van der Waals surface area contributed by atoms with Gasteiger partial charge in [0.05, 0.1) is 6.10 Å². The first-order chi connectivity index (χ1) is 13.1. The molecule has 0 unspecified atom stereocenters. The summed E-state index contributed by atoms with van der Waals surface area (Å²) in [6.07, 6.45) is 1.94. The van der Waals surface area contributed by atoms with E-state index in [-0.39, 0.29) is 6.10 Å². The highest BCUT2D eigenvalue weighted by molar-refractivity contribution is 5.31. The Morgan fingerprint density at radius 3 is 2.63 bits per heavy atom. The number of hydrogen-bond donors (Lipinski definition) is 1. The van der Waals surface area contributed by atoms with E-state index < -0.39 is 6.10 Å². The Bertz CT molecular complexity index is 695. The van der Waals surface area contributed by atoms with Gasteiger partial charge in [-0.05, 0) is 43.9 Å². The molecule has 27 heavy (non-hydrogen) atoms. The summed E-state index contributed by atoms with van der Waals surface area (Å²) in [7, 11) is 0. The van der Waals surface area contributed by atoms with Crippen LogP contribution >= 0.6 is 0 Å². The van der Waals surface area contributed by atoms with Gasteiger partial charge in [-0.2, -0.15) is 0 Å². The number of aliphatic hydroxyl groups excluding tert-OH is 1. The van der Waals surface area contributed by atoms with Crippen LogP contribution in [0.4, 0.5) is 0 Å². The monoisotopic (exact) mass is 369 g/mol. The molecule has 1 fully saturated rings. The molecule has 0 amide bonds. The van der Waals surface area contributed by atoms with Crippen molar-refractivity contribution in [3.05, 3.63) is 65.2 Å². The molecule has 1 aliphatic rings. The van der Waals surface area contributed by atoms with Crippen molar-refractivity contribution in [2.24, 2.45) is 0 Å². The zero-order chi connectivity index (χ0) is 19.1. The van der Waals surface area contributed by atoms with Crippen LogP contribution in [0.25, 0.3) is 0 Å². The molecule has 0 saturated carbocycles. The van der Waals surface area contributed by atoms with Crippen LogP contribution in [0.3, 0.4) is 0 Å². The highest BCUT2D eigenvalue weighted by Gasteiger charge is 2.21. The molecule has 1 aliphatic heterocycles. The lowest BCUT2D eigenvalue weighted by Gasteiger charge is -2.27. The number of aliphatic hydroxyl groups is 1. The van der Waals surface area contributed by atoms with E-state index in [0.717, 1.165) is 43.9 Å². The number of para-hydroxylation sites is 1. The van der Waals surface area contributed by atoms with Crippen LogP contribution in [0.2, 0.25) is 0 Å². The zero-order valence-electron chi connectivity index (χ0n) is 16.4. The molecule has 0 aromatic heterocycles. The molecular formula is C23H31NO3. The minimum atomic E-state index is -0.545. The summed E-state index contributed by atoms with van der Waals surface area (Å²) in [5.74, 6) is 0.834. The third kappa shape index (κ3) is 6.35. The molecule has 2 aromatic rings. The van der Waals surface area contributed by atoms with Crippen LogP contribution in [-0.2, 0) is 11.3 Å². The van der Waals surface area contributed by atoms with E-state index in [9.17, 15) is 5.11 Å². The molecule has 2 atom stereocenters. The third-order valence-corrected chi connectivity index (χ3v) is 5.01. The van der Waals surface area contributed by atoms with Crippen LogP contribution in [0.15, 0.2) is 48.5 Å². The summed E-state index contributed by atoms with van der Waals surface area (Å²) in [5.41, 5.74) is 3.60. The summed E-state index contributed by atoms with van der Waals surface area (Å²) < 4.78 is 11.6. The molecule has 146 valence electrons. The quantitative estimate of drug-likeness (QED) is 0.731. The summed E-state index contributed by atoms with van der Waals surface area (Å²) in [6, 6.07) is 16.5. The van der Waals surface area contributed by atoms with Crippen molar-refractivity contribution in [2.45, 2.75) is 45.4 Å². The summed E-state index contributed by atoms with van der Waals surface area (Å²) >= 11 is 0. The van der Waals surface area contributed by atoms with Gasteiger partial charge >= 0.3 is 0 Å². The first-order valence-corrected chi connectivity index (χ1v) is 9.86. The average Bonchev–Trinajstić information content (AvgIpc) is 3.16. The second-order valence-corrected chi connectivity index (χ2v) is 7.55. The Morgan fingerprint density at radius 1 is 1.15 bits per heavy atom. The van der Waals surface area contributed by atoms with Crippen LogP contribution < -0.4 is 4.74 Å². The van der Waals surface area contributed by atoms with Crippen LogP contribution in [-0.4, -0.2) is 48.5 Å². The molecular weight excluding hydrogens is 338 g/mol. The van der Waals surface area contributed by atoms with E-state index in [1.165, 1.54) is 11.1 Å². The minimum Gasteiger partial charge on any atom is -0.491 e. The Balaban J connectivity index is 1.57. The van der Waals surface area contributed by atoms with Gasteiger partial charge in [0.25, 0.3) is 0 Å². The van der Waals surface area contributed by atoms with Gasteiger partial charge in [0.1, 0.15) is 18.5 Å². The summed E-state index contributed by atoms with van der Waals surface area (Å²) in [5, 5.41) is 10.6. The molecule has 1 heterocycles. The topological polar surface area (TPSA) is 41.9 Å². The van der Waals surface area contributed by atoms with Crippen molar-refractivity contribution >= 4 is 0 Å². The van der Waals surface area contributed by atoms with Crippen molar-refractivity contribution in [3.8, 4) is 5.75 Å². The lowest BCUT2D eigenvalue weighted by atomic mass is 10.1. The van der Waals surface area contributed by atoms with Crippen molar-refractivity contribution in [3.63, 3.8) is 0 Å². The number of hydrogen-bond acceptors (Lipinski definition) is 4. The largest absolute Gasteiger partial charge is 0.491 e. The van der Waals surface area contributed by atoms with E-state index in [0.29, 0.717) is 13.2 Å². The summed E-state index contributed by atoms with van der Waals surface area (Å²) in [4.78, 5) is 2.28. The lowest BCUT2D eigenvalue weighted by molar-refractivity contribution is 0.0313.